The largest absolute Gasteiger partial charge is 0.485 e. The second-order valence-corrected chi connectivity index (χ2v) is 9.06. The van der Waals surface area contributed by atoms with E-state index in [-0.39, 0.29) is 0 Å². The SMILES string of the molecule is COc1nc2ccc([C@@](O)(c3ccc(C)nc3C)c3cnnn3C)cc2c(Cl)c1OCCN(C)C. The molecule has 0 spiro atoms. The van der Waals surface area contributed by atoms with Gasteiger partial charge in [0.15, 0.2) is 5.60 Å². The number of aryl methyl sites for hydroxylation is 3. The number of likely N-dealkylation sites (N-methyl/N-ethyl adjacent to an activating group) is 1. The highest BCUT2D eigenvalue weighted by atomic mass is 35.5. The highest BCUT2D eigenvalue weighted by Crippen LogP contribution is 2.43. The first-order valence-electron chi connectivity index (χ1n) is 11.1. The van der Waals surface area contributed by atoms with Crippen LogP contribution in [0.5, 0.6) is 11.6 Å². The Morgan fingerprint density at radius 1 is 1.14 bits per heavy atom. The first-order chi connectivity index (χ1) is 16.7. The first-order valence-corrected chi connectivity index (χ1v) is 11.5. The summed E-state index contributed by atoms with van der Waals surface area (Å²) in [4.78, 5) is 11.2. The lowest BCUT2D eigenvalue weighted by Crippen LogP contribution is -2.32. The van der Waals surface area contributed by atoms with Crippen molar-refractivity contribution < 1.29 is 14.6 Å². The zero-order chi connectivity index (χ0) is 25.3. The Kier molecular flexibility index (Phi) is 6.93. The molecule has 4 aromatic rings. The number of halogens is 1. The monoisotopic (exact) mass is 496 g/mol. The molecule has 0 bridgehead atoms. The molecular formula is C25H29ClN6O3. The highest BCUT2D eigenvalue weighted by molar-refractivity contribution is 6.37. The summed E-state index contributed by atoms with van der Waals surface area (Å²) in [5.74, 6) is 0.665. The Morgan fingerprint density at radius 3 is 2.54 bits per heavy atom. The van der Waals surface area contributed by atoms with Gasteiger partial charge >= 0.3 is 0 Å². The van der Waals surface area contributed by atoms with Crippen LogP contribution in [0.2, 0.25) is 5.02 Å². The van der Waals surface area contributed by atoms with Crippen molar-refractivity contribution in [2.75, 3.05) is 34.4 Å². The van der Waals surface area contributed by atoms with Crippen LogP contribution in [0.1, 0.15) is 28.2 Å². The van der Waals surface area contributed by atoms with Gasteiger partial charge in [-0.3, -0.25) is 4.98 Å². The van der Waals surface area contributed by atoms with Crippen LogP contribution in [0, 0.1) is 13.8 Å². The molecule has 4 rings (SSSR count). The van der Waals surface area contributed by atoms with Crippen molar-refractivity contribution in [2.45, 2.75) is 19.4 Å². The third-order valence-corrected chi connectivity index (χ3v) is 6.32. The number of rotatable bonds is 8. The van der Waals surface area contributed by atoms with Gasteiger partial charge < -0.3 is 19.5 Å². The number of nitrogens with zero attached hydrogens (tertiary/aromatic N) is 6. The van der Waals surface area contributed by atoms with Crippen LogP contribution in [-0.2, 0) is 12.6 Å². The van der Waals surface area contributed by atoms with Crippen molar-refractivity contribution in [1.29, 1.82) is 0 Å². The van der Waals surface area contributed by atoms with Crippen LogP contribution >= 0.6 is 11.6 Å². The smallest absolute Gasteiger partial charge is 0.258 e. The average molecular weight is 497 g/mol. The Balaban J connectivity index is 1.93. The molecule has 0 saturated carbocycles. The first kappa shape index (κ1) is 24.8. The Morgan fingerprint density at radius 2 is 1.91 bits per heavy atom. The zero-order valence-corrected chi connectivity index (χ0v) is 21.5. The van der Waals surface area contributed by atoms with Crippen molar-refractivity contribution in [3.8, 4) is 11.6 Å². The van der Waals surface area contributed by atoms with Gasteiger partial charge in [0, 0.05) is 35.9 Å². The van der Waals surface area contributed by atoms with E-state index in [0.29, 0.717) is 63.2 Å². The van der Waals surface area contributed by atoms with E-state index >= 15 is 0 Å². The third-order valence-electron chi connectivity index (χ3n) is 5.94. The van der Waals surface area contributed by atoms with Gasteiger partial charge in [0.25, 0.3) is 5.88 Å². The molecule has 0 amide bonds. The van der Waals surface area contributed by atoms with E-state index in [1.807, 2.05) is 57.1 Å². The second-order valence-electron chi connectivity index (χ2n) is 8.69. The highest BCUT2D eigenvalue weighted by Gasteiger charge is 2.39. The van der Waals surface area contributed by atoms with Gasteiger partial charge in [-0.1, -0.05) is 28.9 Å². The maximum Gasteiger partial charge on any atom is 0.258 e. The molecule has 0 aliphatic heterocycles. The fourth-order valence-corrected chi connectivity index (χ4v) is 4.42. The molecule has 10 heteroatoms. The van der Waals surface area contributed by atoms with Crippen molar-refractivity contribution in [2.24, 2.45) is 7.05 Å². The summed E-state index contributed by atoms with van der Waals surface area (Å²) in [5, 5.41) is 21.4. The summed E-state index contributed by atoms with van der Waals surface area (Å²) in [5.41, 5.74) is 2.25. The Labute approximate surface area is 209 Å². The van der Waals surface area contributed by atoms with Crippen LogP contribution in [0.3, 0.4) is 0 Å². The molecule has 3 heterocycles. The maximum absolute atomic E-state index is 12.3. The Bertz CT molecular complexity index is 1370. The number of fused-ring (bicyclic) bond motifs is 1. The molecule has 35 heavy (non-hydrogen) atoms. The lowest BCUT2D eigenvalue weighted by Gasteiger charge is -2.30. The number of hydrogen-bond donors (Lipinski definition) is 1. The predicted molar refractivity (Wildman–Crippen MR) is 134 cm³/mol. The second kappa shape index (κ2) is 9.77. The molecule has 1 N–H and O–H groups in total. The van der Waals surface area contributed by atoms with Gasteiger partial charge in [-0.25, -0.2) is 9.67 Å². The number of hydrogen-bond acceptors (Lipinski definition) is 8. The van der Waals surface area contributed by atoms with Crippen LogP contribution in [-0.4, -0.2) is 69.3 Å². The molecule has 0 unspecified atom stereocenters. The summed E-state index contributed by atoms with van der Waals surface area (Å²) in [6.07, 6.45) is 1.55. The lowest BCUT2D eigenvalue weighted by molar-refractivity contribution is 0.115. The van der Waals surface area contributed by atoms with Gasteiger partial charge in [0.2, 0.25) is 5.75 Å². The summed E-state index contributed by atoms with van der Waals surface area (Å²) < 4.78 is 13.0. The molecule has 0 radical (unpaired) electrons. The van der Waals surface area contributed by atoms with Gasteiger partial charge in [0.1, 0.15) is 6.61 Å². The molecule has 1 aromatic carbocycles. The standard InChI is InChI=1S/C25H29ClN6O3/c1-15-7-9-19(16(2)28-15)25(33,21-14-27-30-32(21)5)17-8-10-20-18(13-17)22(26)23(24(29-20)34-6)35-12-11-31(3)4/h7-10,13-14,33H,11-12H2,1-6H3/t25-/m1/s1. The number of benzene rings is 1. The maximum atomic E-state index is 12.3. The molecule has 1 atom stereocenters. The molecule has 9 nitrogen and oxygen atoms in total. The van der Waals surface area contributed by atoms with E-state index < -0.39 is 5.60 Å². The normalized spacial score (nSPS) is 13.3. The van der Waals surface area contributed by atoms with Gasteiger partial charge in [-0.2, -0.15) is 0 Å². The predicted octanol–water partition coefficient (Wildman–Crippen LogP) is 3.26. The minimum atomic E-state index is -1.59. The summed E-state index contributed by atoms with van der Waals surface area (Å²) >= 11 is 6.83. The summed E-state index contributed by atoms with van der Waals surface area (Å²) in [6.45, 7) is 4.89. The van der Waals surface area contributed by atoms with Gasteiger partial charge in [-0.05, 0) is 51.7 Å². The number of aromatic nitrogens is 5. The lowest BCUT2D eigenvalue weighted by atomic mass is 9.82. The fraction of sp³-hybridized carbons (Fsp3) is 0.360. The number of pyridine rings is 2. The van der Waals surface area contributed by atoms with Gasteiger partial charge in [0.05, 0.1) is 29.5 Å². The van der Waals surface area contributed by atoms with E-state index in [1.54, 1.807) is 24.0 Å². The quantitative estimate of drug-likeness (QED) is 0.397. The van der Waals surface area contributed by atoms with Crippen molar-refractivity contribution in [1.82, 2.24) is 29.9 Å². The fourth-order valence-electron chi connectivity index (χ4n) is 4.13. The molecule has 0 saturated heterocycles. The van der Waals surface area contributed by atoms with Crippen LogP contribution < -0.4 is 9.47 Å². The van der Waals surface area contributed by atoms with E-state index in [4.69, 9.17) is 21.1 Å². The number of methoxy groups -OCH3 is 1. The number of ether oxygens (including phenoxy) is 2. The molecule has 0 aliphatic carbocycles. The van der Waals surface area contributed by atoms with Crippen LogP contribution in [0.15, 0.2) is 36.5 Å². The minimum Gasteiger partial charge on any atom is -0.485 e. The van der Waals surface area contributed by atoms with E-state index in [0.717, 1.165) is 5.69 Å². The van der Waals surface area contributed by atoms with Crippen molar-refractivity contribution >= 4 is 22.5 Å². The molecular weight excluding hydrogens is 468 g/mol. The van der Waals surface area contributed by atoms with Gasteiger partial charge in [-0.15, -0.1) is 5.10 Å². The molecule has 0 aliphatic rings. The molecule has 0 fully saturated rings. The van der Waals surface area contributed by atoms with Crippen LogP contribution in [0.4, 0.5) is 0 Å². The van der Waals surface area contributed by atoms with E-state index in [9.17, 15) is 5.11 Å². The third kappa shape index (κ3) is 4.54. The summed E-state index contributed by atoms with van der Waals surface area (Å²) in [7, 11) is 7.19. The minimum absolute atomic E-state index is 0.304. The van der Waals surface area contributed by atoms with Crippen molar-refractivity contribution in [3.05, 3.63) is 69.8 Å². The molecule has 184 valence electrons. The van der Waals surface area contributed by atoms with Crippen LogP contribution in [0.25, 0.3) is 10.9 Å². The zero-order valence-electron chi connectivity index (χ0n) is 20.7. The topological polar surface area (TPSA) is 98.4 Å². The molecule has 3 aromatic heterocycles. The Hall–Kier alpha value is -3.27. The van der Waals surface area contributed by atoms with Crippen molar-refractivity contribution in [3.63, 3.8) is 0 Å². The summed E-state index contributed by atoms with van der Waals surface area (Å²) in [6, 6.07) is 9.17. The average Bonchev–Trinajstić information content (AvgIpc) is 3.25. The van der Waals surface area contributed by atoms with E-state index in [1.165, 1.54) is 7.11 Å². The van der Waals surface area contributed by atoms with E-state index in [2.05, 4.69) is 20.3 Å². The number of aliphatic hydroxyl groups is 1.